The van der Waals surface area contributed by atoms with Crippen molar-refractivity contribution >= 4 is 34.8 Å². The van der Waals surface area contributed by atoms with Gasteiger partial charge >= 0.3 is 0 Å². The molecule has 0 spiro atoms. The summed E-state index contributed by atoms with van der Waals surface area (Å²) in [5.41, 5.74) is 0.904. The average Bonchev–Trinajstić information content (AvgIpc) is 2.37. The van der Waals surface area contributed by atoms with Crippen molar-refractivity contribution < 1.29 is 4.74 Å². The van der Waals surface area contributed by atoms with Crippen molar-refractivity contribution in [1.29, 1.82) is 0 Å². The maximum atomic E-state index is 5.53. The Morgan fingerprint density at radius 3 is 2.89 bits per heavy atom. The Labute approximate surface area is 119 Å². The van der Waals surface area contributed by atoms with Crippen LogP contribution in [0.15, 0.2) is 24.3 Å². The van der Waals surface area contributed by atoms with E-state index in [1.807, 2.05) is 43.0 Å². The maximum Gasteiger partial charge on any atom is 0.170 e. The molecule has 0 atom stereocenters. The van der Waals surface area contributed by atoms with Crippen molar-refractivity contribution in [2.75, 3.05) is 30.5 Å². The second kappa shape index (κ2) is 9.05. The molecule has 0 aliphatic carbocycles. The van der Waals surface area contributed by atoms with E-state index in [0.29, 0.717) is 11.7 Å². The third-order valence-corrected chi connectivity index (χ3v) is 3.19. The summed E-state index contributed by atoms with van der Waals surface area (Å²) in [7, 11) is 0. The van der Waals surface area contributed by atoms with Gasteiger partial charge in [0.25, 0.3) is 0 Å². The topological polar surface area (TPSA) is 33.3 Å². The summed E-state index contributed by atoms with van der Waals surface area (Å²) in [6.45, 7) is 3.51. The summed E-state index contributed by atoms with van der Waals surface area (Å²) >= 11 is 7.09. The molecule has 2 N–H and O–H groups in total. The van der Waals surface area contributed by atoms with E-state index in [4.69, 9.17) is 17.0 Å². The number of thiocarbonyl (C=S) groups is 1. The average molecular weight is 284 g/mol. The minimum absolute atomic E-state index is 0.642. The number of anilines is 1. The molecule has 0 bridgehead atoms. The first-order valence-corrected chi connectivity index (χ1v) is 7.83. The number of ether oxygens (including phenoxy) is 1. The van der Waals surface area contributed by atoms with Gasteiger partial charge in [-0.2, -0.15) is 11.8 Å². The van der Waals surface area contributed by atoms with Crippen LogP contribution in [-0.2, 0) is 0 Å². The molecule has 0 saturated heterocycles. The van der Waals surface area contributed by atoms with E-state index in [1.54, 1.807) is 0 Å². The Morgan fingerprint density at radius 2 is 2.17 bits per heavy atom. The number of hydrogen-bond donors (Lipinski definition) is 2. The Kier molecular flexibility index (Phi) is 7.60. The minimum Gasteiger partial charge on any atom is -0.492 e. The van der Waals surface area contributed by atoms with Crippen molar-refractivity contribution in [1.82, 2.24) is 5.32 Å². The summed E-state index contributed by atoms with van der Waals surface area (Å²) in [5, 5.41) is 6.99. The van der Waals surface area contributed by atoms with Gasteiger partial charge < -0.3 is 15.4 Å². The summed E-state index contributed by atoms with van der Waals surface area (Å²) < 4.78 is 5.53. The van der Waals surface area contributed by atoms with Crippen LogP contribution in [-0.4, -0.2) is 30.3 Å². The lowest BCUT2D eigenvalue weighted by atomic mass is 10.3. The smallest absolute Gasteiger partial charge is 0.170 e. The predicted octanol–water partition coefficient (Wildman–Crippen LogP) is 3.12. The van der Waals surface area contributed by atoms with Crippen LogP contribution >= 0.6 is 24.0 Å². The van der Waals surface area contributed by atoms with Crippen molar-refractivity contribution in [3.05, 3.63) is 24.3 Å². The highest BCUT2D eigenvalue weighted by Gasteiger charge is 2.03. The first kappa shape index (κ1) is 15.1. The number of benzene rings is 1. The molecule has 0 fully saturated rings. The molecule has 0 heterocycles. The number of para-hydroxylation sites is 2. The largest absolute Gasteiger partial charge is 0.492 e. The normalized spacial score (nSPS) is 9.89. The summed E-state index contributed by atoms with van der Waals surface area (Å²) in [6.07, 6.45) is 3.21. The Hall–Kier alpha value is -0.940. The van der Waals surface area contributed by atoms with Crippen LogP contribution in [0.3, 0.4) is 0 Å². The highest BCUT2D eigenvalue weighted by Crippen LogP contribution is 2.23. The van der Waals surface area contributed by atoms with E-state index < -0.39 is 0 Å². The lowest BCUT2D eigenvalue weighted by Crippen LogP contribution is -2.29. The maximum absolute atomic E-state index is 5.53. The fraction of sp³-hybridized carbons (Fsp3) is 0.462. The standard InChI is InChI=1S/C13H20N2OS2/c1-3-16-12-8-5-4-7-11(12)15-13(17)14-9-6-10-18-2/h4-5,7-8H,3,6,9-10H2,1-2H3,(H2,14,15,17). The van der Waals surface area contributed by atoms with Crippen molar-refractivity contribution in [3.63, 3.8) is 0 Å². The molecule has 100 valence electrons. The molecular weight excluding hydrogens is 264 g/mol. The fourth-order valence-corrected chi connectivity index (χ4v) is 2.08. The molecule has 3 nitrogen and oxygen atoms in total. The third kappa shape index (κ3) is 5.60. The number of hydrogen-bond acceptors (Lipinski definition) is 3. The Morgan fingerprint density at radius 1 is 1.39 bits per heavy atom. The van der Waals surface area contributed by atoms with Gasteiger partial charge in [-0.3, -0.25) is 0 Å². The van der Waals surface area contributed by atoms with Crippen LogP contribution in [0.2, 0.25) is 0 Å². The van der Waals surface area contributed by atoms with Gasteiger partial charge in [-0.1, -0.05) is 12.1 Å². The molecule has 0 amide bonds. The first-order chi connectivity index (χ1) is 8.77. The molecule has 0 saturated carbocycles. The van der Waals surface area contributed by atoms with Gasteiger partial charge in [-0.25, -0.2) is 0 Å². The van der Waals surface area contributed by atoms with E-state index in [-0.39, 0.29) is 0 Å². The molecule has 0 unspecified atom stereocenters. The van der Waals surface area contributed by atoms with Gasteiger partial charge in [-0.05, 0) is 49.7 Å². The third-order valence-electron chi connectivity index (χ3n) is 2.25. The highest BCUT2D eigenvalue weighted by molar-refractivity contribution is 7.98. The predicted molar refractivity (Wildman–Crippen MR) is 84.8 cm³/mol. The van der Waals surface area contributed by atoms with E-state index in [1.165, 1.54) is 0 Å². The quantitative estimate of drug-likeness (QED) is 0.594. The first-order valence-electron chi connectivity index (χ1n) is 6.03. The van der Waals surface area contributed by atoms with Crippen LogP contribution < -0.4 is 15.4 Å². The molecule has 0 aliphatic heterocycles. The van der Waals surface area contributed by atoms with Gasteiger partial charge in [0.05, 0.1) is 12.3 Å². The second-order valence-electron chi connectivity index (χ2n) is 3.66. The number of thioether (sulfide) groups is 1. The van der Waals surface area contributed by atoms with Crippen LogP contribution in [0, 0.1) is 0 Å². The molecule has 0 aromatic heterocycles. The van der Waals surface area contributed by atoms with Crippen LogP contribution in [0.25, 0.3) is 0 Å². The summed E-state index contributed by atoms with van der Waals surface area (Å²) in [5.74, 6) is 1.97. The lowest BCUT2D eigenvalue weighted by molar-refractivity contribution is 0.342. The van der Waals surface area contributed by atoms with Gasteiger partial charge in [0.1, 0.15) is 5.75 Å². The molecular formula is C13H20N2OS2. The van der Waals surface area contributed by atoms with Crippen molar-refractivity contribution in [2.24, 2.45) is 0 Å². The summed E-state index contributed by atoms with van der Waals surface area (Å²) in [4.78, 5) is 0. The number of nitrogens with one attached hydrogen (secondary N) is 2. The second-order valence-corrected chi connectivity index (χ2v) is 5.05. The molecule has 5 heteroatoms. The zero-order chi connectivity index (χ0) is 13.2. The Balaban J connectivity index is 2.43. The molecule has 0 radical (unpaired) electrons. The highest BCUT2D eigenvalue weighted by atomic mass is 32.2. The Bertz CT molecular complexity index is 372. The van der Waals surface area contributed by atoms with Gasteiger partial charge in [0, 0.05) is 6.54 Å². The van der Waals surface area contributed by atoms with E-state index in [9.17, 15) is 0 Å². The number of rotatable bonds is 7. The minimum atomic E-state index is 0.642. The summed E-state index contributed by atoms with van der Waals surface area (Å²) in [6, 6.07) is 7.80. The fourth-order valence-electron chi connectivity index (χ4n) is 1.44. The van der Waals surface area contributed by atoms with Crippen LogP contribution in [0.1, 0.15) is 13.3 Å². The van der Waals surface area contributed by atoms with E-state index in [2.05, 4.69) is 16.9 Å². The van der Waals surface area contributed by atoms with Crippen molar-refractivity contribution in [2.45, 2.75) is 13.3 Å². The lowest BCUT2D eigenvalue weighted by Gasteiger charge is -2.13. The molecule has 1 rings (SSSR count). The van der Waals surface area contributed by atoms with E-state index >= 15 is 0 Å². The monoisotopic (exact) mass is 284 g/mol. The molecule has 1 aromatic carbocycles. The van der Waals surface area contributed by atoms with Crippen LogP contribution in [0.5, 0.6) is 5.75 Å². The molecule has 18 heavy (non-hydrogen) atoms. The van der Waals surface area contributed by atoms with E-state index in [0.717, 1.165) is 30.2 Å². The molecule has 1 aromatic rings. The van der Waals surface area contributed by atoms with Gasteiger partial charge in [0.2, 0.25) is 0 Å². The van der Waals surface area contributed by atoms with Gasteiger partial charge in [-0.15, -0.1) is 0 Å². The zero-order valence-electron chi connectivity index (χ0n) is 10.9. The van der Waals surface area contributed by atoms with Crippen LogP contribution in [0.4, 0.5) is 5.69 Å². The molecule has 0 aliphatic rings. The zero-order valence-corrected chi connectivity index (χ0v) is 12.5. The van der Waals surface area contributed by atoms with Crippen molar-refractivity contribution in [3.8, 4) is 5.75 Å². The van der Waals surface area contributed by atoms with Gasteiger partial charge in [0.15, 0.2) is 5.11 Å². The SMILES string of the molecule is CCOc1ccccc1NC(=S)NCCCSC.